The zero-order chi connectivity index (χ0) is 17.2. The smallest absolute Gasteiger partial charge is 0.251 e. The monoisotopic (exact) mass is 333 g/mol. The molecule has 132 valence electrons. The van der Waals surface area contributed by atoms with E-state index in [1.165, 1.54) is 19.3 Å². The molecular weight excluding hydrogens is 306 g/mol. The van der Waals surface area contributed by atoms with Crippen LogP contribution in [0.25, 0.3) is 0 Å². The van der Waals surface area contributed by atoms with Crippen molar-refractivity contribution in [2.75, 3.05) is 32.1 Å². The van der Waals surface area contributed by atoms with E-state index >= 15 is 0 Å². The fourth-order valence-corrected chi connectivity index (χ4v) is 2.82. The van der Waals surface area contributed by atoms with Crippen LogP contribution in [0.2, 0.25) is 0 Å². The van der Waals surface area contributed by atoms with Gasteiger partial charge in [-0.15, -0.1) is 0 Å². The van der Waals surface area contributed by atoms with Gasteiger partial charge in [-0.1, -0.05) is 19.3 Å². The van der Waals surface area contributed by atoms with Crippen LogP contribution in [0.15, 0.2) is 24.3 Å². The summed E-state index contributed by atoms with van der Waals surface area (Å²) in [6.07, 6.45) is 5.84. The Morgan fingerprint density at radius 1 is 1.12 bits per heavy atom. The first kappa shape index (κ1) is 18.3. The molecule has 2 amide bonds. The highest BCUT2D eigenvalue weighted by Crippen LogP contribution is 2.17. The van der Waals surface area contributed by atoms with Gasteiger partial charge in [-0.2, -0.15) is 0 Å². The van der Waals surface area contributed by atoms with Crippen molar-refractivity contribution in [2.45, 2.75) is 38.1 Å². The van der Waals surface area contributed by atoms with Gasteiger partial charge in [-0.3, -0.25) is 9.59 Å². The van der Waals surface area contributed by atoms with Crippen LogP contribution in [-0.2, 0) is 9.53 Å². The fourth-order valence-electron chi connectivity index (χ4n) is 2.82. The molecular formula is C18H27N3O3. The van der Waals surface area contributed by atoms with Crippen molar-refractivity contribution in [2.24, 2.45) is 0 Å². The molecule has 0 heterocycles. The van der Waals surface area contributed by atoms with Gasteiger partial charge in [0.25, 0.3) is 5.91 Å². The first-order valence-corrected chi connectivity index (χ1v) is 8.59. The number of benzene rings is 1. The maximum absolute atomic E-state index is 12.0. The second kappa shape index (κ2) is 9.93. The molecule has 6 nitrogen and oxygen atoms in total. The Morgan fingerprint density at radius 2 is 1.83 bits per heavy atom. The van der Waals surface area contributed by atoms with Gasteiger partial charge in [0.15, 0.2) is 0 Å². The third-order valence-corrected chi connectivity index (χ3v) is 4.16. The van der Waals surface area contributed by atoms with Gasteiger partial charge in [-0.05, 0) is 37.1 Å². The van der Waals surface area contributed by atoms with Crippen molar-refractivity contribution in [1.29, 1.82) is 0 Å². The highest BCUT2D eigenvalue weighted by Gasteiger charge is 2.15. The summed E-state index contributed by atoms with van der Waals surface area (Å²) in [4.78, 5) is 23.8. The molecule has 0 aliphatic heterocycles. The third-order valence-electron chi connectivity index (χ3n) is 4.16. The van der Waals surface area contributed by atoms with Gasteiger partial charge in [0.2, 0.25) is 5.91 Å². The number of hydrogen-bond acceptors (Lipinski definition) is 4. The minimum atomic E-state index is -0.131. The summed E-state index contributed by atoms with van der Waals surface area (Å²) in [7, 11) is 1.59. The molecule has 6 heteroatoms. The second-order valence-corrected chi connectivity index (χ2v) is 6.08. The van der Waals surface area contributed by atoms with E-state index in [1.54, 1.807) is 31.4 Å². The summed E-state index contributed by atoms with van der Waals surface area (Å²) in [5.41, 5.74) is 1.41. The molecule has 0 bridgehead atoms. The third kappa shape index (κ3) is 6.20. The molecule has 1 aromatic rings. The van der Waals surface area contributed by atoms with Gasteiger partial charge in [0, 0.05) is 30.9 Å². The summed E-state index contributed by atoms with van der Waals surface area (Å²) in [6, 6.07) is 7.41. The van der Waals surface area contributed by atoms with E-state index in [2.05, 4.69) is 16.0 Å². The van der Waals surface area contributed by atoms with Crippen molar-refractivity contribution in [3.8, 4) is 0 Å². The van der Waals surface area contributed by atoms with Crippen molar-refractivity contribution in [1.82, 2.24) is 10.6 Å². The molecule has 1 aliphatic rings. The zero-order valence-corrected chi connectivity index (χ0v) is 14.3. The molecule has 3 N–H and O–H groups in total. The van der Waals surface area contributed by atoms with Gasteiger partial charge in [0.1, 0.15) is 0 Å². The molecule has 1 aliphatic carbocycles. The highest BCUT2D eigenvalue weighted by molar-refractivity contribution is 5.94. The first-order chi connectivity index (χ1) is 11.7. The molecule has 1 fully saturated rings. The number of ether oxygens (including phenoxy) is 1. The molecule has 0 aromatic heterocycles. The zero-order valence-electron chi connectivity index (χ0n) is 14.3. The number of methoxy groups -OCH3 is 1. The molecule has 2 rings (SSSR count). The fraction of sp³-hybridized carbons (Fsp3) is 0.556. The quantitative estimate of drug-likeness (QED) is 0.635. The van der Waals surface area contributed by atoms with Crippen molar-refractivity contribution in [3.05, 3.63) is 29.8 Å². The minimum absolute atomic E-state index is 0.0169. The number of hydrogen-bond donors (Lipinski definition) is 3. The van der Waals surface area contributed by atoms with E-state index in [0.717, 1.165) is 18.5 Å². The molecule has 24 heavy (non-hydrogen) atoms. The maximum atomic E-state index is 12.0. The standard InChI is InChI=1S/C18H27N3O3/c1-24-12-11-19-18(23)14-7-9-15(10-8-14)20-13-17(22)21-16-5-3-2-4-6-16/h7-10,16,20H,2-6,11-13H2,1H3,(H,19,23)(H,21,22). The molecule has 0 saturated heterocycles. The van der Waals surface area contributed by atoms with Crippen LogP contribution in [0, 0.1) is 0 Å². The number of nitrogens with one attached hydrogen (secondary N) is 3. The Hall–Kier alpha value is -2.08. The van der Waals surface area contributed by atoms with Gasteiger partial charge >= 0.3 is 0 Å². The Kier molecular flexibility index (Phi) is 7.55. The van der Waals surface area contributed by atoms with Crippen LogP contribution >= 0.6 is 0 Å². The normalized spacial score (nSPS) is 14.9. The Morgan fingerprint density at radius 3 is 2.50 bits per heavy atom. The lowest BCUT2D eigenvalue weighted by Gasteiger charge is -2.22. The lowest BCUT2D eigenvalue weighted by Crippen LogP contribution is -2.39. The van der Waals surface area contributed by atoms with Gasteiger partial charge in [-0.25, -0.2) is 0 Å². The second-order valence-electron chi connectivity index (χ2n) is 6.08. The van der Waals surface area contributed by atoms with Crippen molar-refractivity contribution >= 4 is 17.5 Å². The predicted molar refractivity (Wildman–Crippen MR) is 94.2 cm³/mol. The van der Waals surface area contributed by atoms with Crippen LogP contribution in [0.3, 0.4) is 0 Å². The van der Waals surface area contributed by atoms with Crippen molar-refractivity contribution < 1.29 is 14.3 Å². The van der Waals surface area contributed by atoms with E-state index < -0.39 is 0 Å². The number of rotatable bonds is 8. The first-order valence-electron chi connectivity index (χ1n) is 8.59. The number of anilines is 1. The topological polar surface area (TPSA) is 79.5 Å². The molecule has 1 aromatic carbocycles. The lowest BCUT2D eigenvalue weighted by atomic mass is 9.95. The number of carbonyl (C=O) groups excluding carboxylic acids is 2. The van der Waals surface area contributed by atoms with Crippen LogP contribution < -0.4 is 16.0 Å². The van der Waals surface area contributed by atoms with E-state index in [1.807, 2.05) is 0 Å². The van der Waals surface area contributed by atoms with Crippen LogP contribution in [0.5, 0.6) is 0 Å². The van der Waals surface area contributed by atoms with E-state index in [4.69, 9.17) is 4.74 Å². The number of carbonyl (C=O) groups is 2. The largest absolute Gasteiger partial charge is 0.383 e. The van der Waals surface area contributed by atoms with Crippen LogP contribution in [0.4, 0.5) is 5.69 Å². The minimum Gasteiger partial charge on any atom is -0.383 e. The van der Waals surface area contributed by atoms with E-state index in [-0.39, 0.29) is 18.4 Å². The molecule has 0 spiro atoms. The van der Waals surface area contributed by atoms with Gasteiger partial charge in [0.05, 0.1) is 13.2 Å². The molecule has 1 saturated carbocycles. The Labute approximate surface area is 143 Å². The summed E-state index contributed by atoms with van der Waals surface area (Å²) in [5, 5.41) is 8.93. The SMILES string of the molecule is COCCNC(=O)c1ccc(NCC(=O)NC2CCCCC2)cc1. The molecule has 0 radical (unpaired) electrons. The Balaban J connectivity index is 1.72. The Bertz CT molecular complexity index is 525. The predicted octanol–water partition coefficient (Wildman–Crippen LogP) is 1.92. The highest BCUT2D eigenvalue weighted by atomic mass is 16.5. The number of amides is 2. The summed E-state index contributed by atoms with van der Waals surface area (Å²) >= 11 is 0. The maximum Gasteiger partial charge on any atom is 0.251 e. The average Bonchev–Trinajstić information content (AvgIpc) is 2.61. The lowest BCUT2D eigenvalue weighted by molar-refractivity contribution is -0.120. The van der Waals surface area contributed by atoms with E-state index in [9.17, 15) is 9.59 Å². The molecule has 0 atom stereocenters. The van der Waals surface area contributed by atoms with Crippen LogP contribution in [-0.4, -0.2) is 44.7 Å². The van der Waals surface area contributed by atoms with Crippen LogP contribution in [0.1, 0.15) is 42.5 Å². The summed E-state index contributed by atoms with van der Waals surface area (Å²) in [5.74, 6) is -0.114. The van der Waals surface area contributed by atoms with Gasteiger partial charge < -0.3 is 20.7 Å². The van der Waals surface area contributed by atoms with E-state index in [0.29, 0.717) is 24.8 Å². The van der Waals surface area contributed by atoms with Crippen molar-refractivity contribution in [3.63, 3.8) is 0 Å². The summed E-state index contributed by atoms with van der Waals surface area (Å²) < 4.78 is 4.89. The molecule has 0 unspecified atom stereocenters. The summed E-state index contributed by atoms with van der Waals surface area (Å²) in [6.45, 7) is 1.22. The average molecular weight is 333 g/mol.